The lowest BCUT2D eigenvalue weighted by Crippen LogP contribution is -2.44. The minimum absolute atomic E-state index is 0.141. The van der Waals surface area contributed by atoms with E-state index in [2.05, 4.69) is 4.90 Å². The molecule has 5 nitrogen and oxygen atoms in total. The lowest BCUT2D eigenvalue weighted by molar-refractivity contribution is -0.146. The van der Waals surface area contributed by atoms with Gasteiger partial charge in [0, 0.05) is 0 Å². The number of methoxy groups -OCH3 is 1. The third-order valence-corrected chi connectivity index (χ3v) is 8.27. The van der Waals surface area contributed by atoms with Gasteiger partial charge in [-0.25, -0.2) is 0 Å². The molecule has 1 aliphatic heterocycles. The van der Waals surface area contributed by atoms with Gasteiger partial charge in [-0.3, -0.25) is 4.79 Å². The Balaban J connectivity index is 1.31. The van der Waals surface area contributed by atoms with E-state index in [1.807, 2.05) is 98.8 Å². The number of nitrogens with zero attached hydrogens (tertiary/aromatic N) is 1. The second kappa shape index (κ2) is 12.2. The minimum atomic E-state index is -1.00. The molecule has 0 bridgehead atoms. The molecule has 1 aliphatic rings. The van der Waals surface area contributed by atoms with Crippen molar-refractivity contribution in [2.24, 2.45) is 5.92 Å². The van der Waals surface area contributed by atoms with Crippen LogP contribution in [0.15, 0.2) is 84.9 Å². The number of hydrogen-bond acceptors (Lipinski definition) is 5. The van der Waals surface area contributed by atoms with Crippen molar-refractivity contribution in [1.29, 1.82) is 0 Å². The summed E-state index contributed by atoms with van der Waals surface area (Å²) in [4.78, 5) is 14.5. The lowest BCUT2D eigenvalue weighted by Gasteiger charge is -2.42. The third kappa shape index (κ3) is 6.01. The predicted octanol–water partition coefficient (Wildman–Crippen LogP) is 5.60. The zero-order valence-corrected chi connectivity index (χ0v) is 22.8. The van der Waals surface area contributed by atoms with Crippen molar-refractivity contribution in [3.63, 3.8) is 0 Å². The number of carbonyl (C=O) groups excluding carboxylic acids is 1. The summed E-state index contributed by atoms with van der Waals surface area (Å²) in [7, 11) is 1.40. The van der Waals surface area contributed by atoms with Crippen LogP contribution >= 0.6 is 0 Å². The number of piperidine rings is 1. The van der Waals surface area contributed by atoms with Gasteiger partial charge in [0.2, 0.25) is 0 Å². The Hall–Kier alpha value is -2.99. The summed E-state index contributed by atoms with van der Waals surface area (Å²) < 4.78 is 4.92. The van der Waals surface area contributed by atoms with E-state index in [-0.39, 0.29) is 11.9 Å². The molecule has 3 aromatic carbocycles. The Morgan fingerprint density at radius 2 is 1.42 bits per heavy atom. The topological polar surface area (TPSA) is 70.0 Å². The molecule has 0 saturated carbocycles. The van der Waals surface area contributed by atoms with Gasteiger partial charge in [-0.2, -0.15) is 0 Å². The summed E-state index contributed by atoms with van der Waals surface area (Å²) in [5.41, 5.74) is 1.91. The maximum absolute atomic E-state index is 12.1. The summed E-state index contributed by atoms with van der Waals surface area (Å²) >= 11 is 0. The number of aliphatic hydroxyl groups is 2. The number of ether oxygens (including phenoxy) is 1. The number of carbonyl (C=O) groups is 1. The molecular weight excluding hydrogens is 474 g/mol. The van der Waals surface area contributed by atoms with Crippen molar-refractivity contribution in [2.75, 3.05) is 26.7 Å². The van der Waals surface area contributed by atoms with Crippen molar-refractivity contribution >= 4 is 5.97 Å². The average molecular weight is 516 g/mol. The average Bonchev–Trinajstić information content (AvgIpc) is 2.97. The van der Waals surface area contributed by atoms with E-state index >= 15 is 0 Å². The normalized spacial score (nSPS) is 16.2. The third-order valence-electron chi connectivity index (χ3n) is 8.27. The molecule has 1 saturated heterocycles. The van der Waals surface area contributed by atoms with E-state index < -0.39 is 17.1 Å². The second-order valence-corrected chi connectivity index (χ2v) is 11.0. The van der Waals surface area contributed by atoms with E-state index in [4.69, 9.17) is 4.74 Å². The smallest absolute Gasteiger partial charge is 0.315 e. The summed E-state index contributed by atoms with van der Waals surface area (Å²) in [6.07, 6.45) is 2.87. The molecule has 3 aromatic rings. The number of esters is 1. The first-order valence-electron chi connectivity index (χ1n) is 13.7. The largest absolute Gasteiger partial charge is 0.468 e. The fraction of sp³-hybridized carbons (Fsp3) is 0.424. The summed E-state index contributed by atoms with van der Waals surface area (Å²) in [6, 6.07) is 27.7. The quantitative estimate of drug-likeness (QED) is 0.344. The van der Waals surface area contributed by atoms with E-state index in [0.29, 0.717) is 6.42 Å². The molecule has 0 radical (unpaired) electrons. The van der Waals surface area contributed by atoms with Gasteiger partial charge in [0.25, 0.3) is 0 Å². The Kier molecular flexibility index (Phi) is 9.03. The highest BCUT2D eigenvalue weighted by atomic mass is 16.5. The number of likely N-dealkylation sites (tertiary alicyclic amines) is 1. The Morgan fingerprint density at radius 3 is 1.92 bits per heavy atom. The van der Waals surface area contributed by atoms with Crippen LogP contribution in [-0.2, 0) is 20.5 Å². The predicted molar refractivity (Wildman–Crippen MR) is 151 cm³/mol. The van der Waals surface area contributed by atoms with Crippen LogP contribution in [0.3, 0.4) is 0 Å². The van der Waals surface area contributed by atoms with Crippen LogP contribution in [-0.4, -0.2) is 47.8 Å². The van der Waals surface area contributed by atoms with Crippen molar-refractivity contribution in [3.05, 3.63) is 107 Å². The van der Waals surface area contributed by atoms with Crippen molar-refractivity contribution in [1.82, 2.24) is 4.90 Å². The van der Waals surface area contributed by atoms with Gasteiger partial charge in [0.1, 0.15) is 5.60 Å². The fourth-order valence-electron chi connectivity index (χ4n) is 5.77. The molecule has 0 aromatic heterocycles. The van der Waals surface area contributed by atoms with Crippen LogP contribution in [0.2, 0.25) is 0 Å². The minimum Gasteiger partial charge on any atom is -0.468 e. The van der Waals surface area contributed by atoms with E-state index in [0.717, 1.165) is 61.2 Å². The molecule has 0 amide bonds. The molecule has 5 heteroatoms. The Labute approximate surface area is 227 Å². The van der Waals surface area contributed by atoms with Crippen LogP contribution < -0.4 is 0 Å². The van der Waals surface area contributed by atoms with Crippen LogP contribution in [0, 0.1) is 5.92 Å². The van der Waals surface area contributed by atoms with E-state index in [1.165, 1.54) is 7.11 Å². The Bertz CT molecular complexity index is 1110. The molecule has 4 rings (SSSR count). The first-order chi connectivity index (χ1) is 18.3. The van der Waals surface area contributed by atoms with E-state index in [1.54, 1.807) is 0 Å². The molecule has 0 spiro atoms. The fourth-order valence-corrected chi connectivity index (χ4v) is 5.77. The summed E-state index contributed by atoms with van der Waals surface area (Å²) in [5.74, 6) is -0.137. The second-order valence-electron chi connectivity index (χ2n) is 11.0. The highest BCUT2D eigenvalue weighted by molar-refractivity contribution is 5.82. The van der Waals surface area contributed by atoms with Gasteiger partial charge in [-0.1, -0.05) is 84.9 Å². The van der Waals surface area contributed by atoms with Gasteiger partial charge in [-0.05, 0) is 87.3 Å². The zero-order chi connectivity index (χ0) is 27.2. The van der Waals surface area contributed by atoms with Gasteiger partial charge in [-0.15, -0.1) is 0 Å². The van der Waals surface area contributed by atoms with Gasteiger partial charge in [0.05, 0.1) is 18.6 Å². The van der Waals surface area contributed by atoms with Crippen LogP contribution in [0.1, 0.15) is 67.9 Å². The number of hydrogen-bond donors (Lipinski definition) is 2. The number of benzene rings is 3. The molecule has 1 heterocycles. The maximum Gasteiger partial charge on any atom is 0.315 e. The molecule has 1 atom stereocenters. The van der Waals surface area contributed by atoms with Crippen LogP contribution in [0.5, 0.6) is 0 Å². The van der Waals surface area contributed by atoms with Crippen LogP contribution in [0.4, 0.5) is 0 Å². The summed E-state index contributed by atoms with van der Waals surface area (Å²) in [6.45, 7) is 6.47. The van der Waals surface area contributed by atoms with E-state index in [9.17, 15) is 15.0 Å². The molecular formula is C33H41NO4. The van der Waals surface area contributed by atoms with Crippen molar-refractivity contribution in [2.45, 2.75) is 56.7 Å². The molecule has 38 heavy (non-hydrogen) atoms. The highest BCUT2D eigenvalue weighted by Crippen LogP contribution is 2.42. The lowest BCUT2D eigenvalue weighted by atomic mass is 9.72. The zero-order valence-electron chi connectivity index (χ0n) is 22.8. The first-order valence-corrected chi connectivity index (χ1v) is 13.7. The molecule has 202 valence electrons. The summed E-state index contributed by atoms with van der Waals surface area (Å²) in [5, 5.41) is 22.8. The molecule has 2 N–H and O–H groups in total. The van der Waals surface area contributed by atoms with Crippen LogP contribution in [0.25, 0.3) is 0 Å². The standard InChI is InChI=1S/C33H41NO4/c1-32(2,31(36)38-3)26-18-16-25(17-19-26)30(35)15-10-22-34-23-20-29(21-24-34)33(37,27-11-6-4-7-12-27)28-13-8-5-9-14-28/h4-9,11-14,16-19,29-30,35,37H,10,15,20-24H2,1-3H3/t30-/m0/s1. The SMILES string of the molecule is COC(=O)C(C)(C)c1ccc([C@@H](O)CCCN2CCC(C(O)(c3ccccc3)c3ccccc3)CC2)cc1. The Morgan fingerprint density at radius 1 is 0.895 bits per heavy atom. The number of rotatable bonds is 10. The highest BCUT2D eigenvalue weighted by Gasteiger charge is 2.41. The monoisotopic (exact) mass is 515 g/mol. The first kappa shape index (κ1) is 28.0. The number of aliphatic hydroxyl groups excluding tert-OH is 1. The van der Waals surface area contributed by atoms with Crippen molar-refractivity contribution < 1.29 is 19.7 Å². The van der Waals surface area contributed by atoms with Gasteiger partial charge >= 0.3 is 5.97 Å². The molecule has 0 unspecified atom stereocenters. The van der Waals surface area contributed by atoms with Crippen molar-refractivity contribution in [3.8, 4) is 0 Å². The molecule has 0 aliphatic carbocycles. The van der Waals surface area contributed by atoms with Gasteiger partial charge < -0.3 is 19.8 Å². The van der Waals surface area contributed by atoms with Gasteiger partial charge in [0.15, 0.2) is 0 Å². The molecule has 1 fully saturated rings. The maximum atomic E-state index is 12.1.